The van der Waals surface area contributed by atoms with Crippen molar-refractivity contribution in [3.63, 3.8) is 0 Å². The summed E-state index contributed by atoms with van der Waals surface area (Å²) >= 11 is 6.18. The molecule has 2 aromatic carbocycles. The van der Waals surface area contributed by atoms with Gasteiger partial charge < -0.3 is 5.73 Å². The molecule has 0 aliphatic rings. The van der Waals surface area contributed by atoms with Crippen LogP contribution < -0.4 is 5.73 Å². The Balaban J connectivity index is 2.33. The van der Waals surface area contributed by atoms with Gasteiger partial charge in [-0.1, -0.05) is 55.3 Å². The molecule has 0 aliphatic heterocycles. The third kappa shape index (κ3) is 2.80. The molecule has 0 atom stereocenters. The molecule has 1 nitrogen and oxygen atoms in total. The SMILES string of the molecule is CCCc1ccc(-c2ccc(N)cc2Cl)cc1. The zero-order chi connectivity index (χ0) is 12.3. The van der Waals surface area contributed by atoms with Crippen LogP contribution in [0.15, 0.2) is 42.5 Å². The molecule has 88 valence electrons. The van der Waals surface area contributed by atoms with Gasteiger partial charge in [-0.25, -0.2) is 0 Å². The molecule has 2 rings (SSSR count). The van der Waals surface area contributed by atoms with Gasteiger partial charge in [-0.2, -0.15) is 0 Å². The zero-order valence-electron chi connectivity index (χ0n) is 9.91. The first-order valence-electron chi connectivity index (χ1n) is 5.85. The van der Waals surface area contributed by atoms with Crippen molar-refractivity contribution in [2.24, 2.45) is 0 Å². The second-order valence-electron chi connectivity index (χ2n) is 4.19. The highest BCUT2D eigenvalue weighted by atomic mass is 35.5. The molecule has 0 saturated carbocycles. The summed E-state index contributed by atoms with van der Waals surface area (Å²) in [6.45, 7) is 2.19. The van der Waals surface area contributed by atoms with Crippen molar-refractivity contribution in [2.45, 2.75) is 19.8 Å². The van der Waals surface area contributed by atoms with Crippen molar-refractivity contribution in [1.82, 2.24) is 0 Å². The Morgan fingerprint density at radius 3 is 2.35 bits per heavy atom. The van der Waals surface area contributed by atoms with Gasteiger partial charge in [0.15, 0.2) is 0 Å². The topological polar surface area (TPSA) is 26.0 Å². The number of nitrogens with two attached hydrogens (primary N) is 1. The van der Waals surface area contributed by atoms with Gasteiger partial charge in [0.1, 0.15) is 0 Å². The number of benzene rings is 2. The Labute approximate surface area is 107 Å². The van der Waals surface area contributed by atoms with Gasteiger partial charge in [-0.3, -0.25) is 0 Å². The van der Waals surface area contributed by atoms with Gasteiger partial charge in [-0.05, 0) is 29.7 Å². The highest BCUT2D eigenvalue weighted by molar-refractivity contribution is 6.33. The van der Waals surface area contributed by atoms with E-state index in [0.29, 0.717) is 10.7 Å². The molecule has 0 bridgehead atoms. The van der Waals surface area contributed by atoms with E-state index in [1.807, 2.05) is 12.1 Å². The number of halogens is 1. The molecule has 0 saturated heterocycles. The van der Waals surface area contributed by atoms with Crippen molar-refractivity contribution in [2.75, 3.05) is 5.73 Å². The van der Waals surface area contributed by atoms with E-state index in [0.717, 1.165) is 17.5 Å². The fraction of sp³-hybridized carbons (Fsp3) is 0.200. The lowest BCUT2D eigenvalue weighted by Gasteiger charge is -2.06. The third-order valence-corrected chi connectivity index (χ3v) is 3.11. The largest absolute Gasteiger partial charge is 0.399 e. The molecule has 0 heterocycles. The van der Waals surface area contributed by atoms with E-state index in [2.05, 4.69) is 31.2 Å². The van der Waals surface area contributed by atoms with E-state index in [9.17, 15) is 0 Å². The van der Waals surface area contributed by atoms with E-state index in [-0.39, 0.29) is 0 Å². The van der Waals surface area contributed by atoms with E-state index in [4.69, 9.17) is 17.3 Å². The number of hydrogen-bond donors (Lipinski definition) is 1. The second kappa shape index (κ2) is 5.24. The van der Waals surface area contributed by atoms with Gasteiger partial charge in [0.25, 0.3) is 0 Å². The lowest BCUT2D eigenvalue weighted by Crippen LogP contribution is -1.87. The lowest BCUT2D eigenvalue weighted by atomic mass is 10.0. The van der Waals surface area contributed by atoms with Crippen LogP contribution in [0.4, 0.5) is 5.69 Å². The number of anilines is 1. The van der Waals surface area contributed by atoms with Crippen LogP contribution in [0, 0.1) is 0 Å². The Morgan fingerprint density at radius 1 is 1.06 bits per heavy atom. The summed E-state index contributed by atoms with van der Waals surface area (Å²) in [6, 6.07) is 14.2. The van der Waals surface area contributed by atoms with Crippen LogP contribution >= 0.6 is 11.6 Å². The van der Waals surface area contributed by atoms with E-state index in [1.165, 1.54) is 12.0 Å². The standard InChI is InChI=1S/C15H16ClN/c1-2-3-11-4-6-12(7-5-11)14-9-8-13(17)10-15(14)16/h4-10H,2-3,17H2,1H3. The van der Waals surface area contributed by atoms with Crippen molar-refractivity contribution in [1.29, 1.82) is 0 Å². The Kier molecular flexibility index (Phi) is 3.70. The van der Waals surface area contributed by atoms with Crippen molar-refractivity contribution >= 4 is 17.3 Å². The van der Waals surface area contributed by atoms with E-state index >= 15 is 0 Å². The molecule has 0 unspecified atom stereocenters. The lowest BCUT2D eigenvalue weighted by molar-refractivity contribution is 0.922. The zero-order valence-corrected chi connectivity index (χ0v) is 10.7. The van der Waals surface area contributed by atoms with E-state index < -0.39 is 0 Å². The van der Waals surface area contributed by atoms with E-state index in [1.54, 1.807) is 6.07 Å². The van der Waals surface area contributed by atoms with Crippen LogP contribution in [0.2, 0.25) is 5.02 Å². The number of aryl methyl sites for hydroxylation is 1. The van der Waals surface area contributed by atoms with Gasteiger partial charge in [0, 0.05) is 11.3 Å². The Hall–Kier alpha value is -1.47. The summed E-state index contributed by atoms with van der Waals surface area (Å²) in [6.07, 6.45) is 2.29. The van der Waals surface area contributed by atoms with Gasteiger partial charge in [0.05, 0.1) is 5.02 Å². The Bertz CT molecular complexity index is 503. The van der Waals surface area contributed by atoms with Crippen molar-refractivity contribution in [3.05, 3.63) is 53.1 Å². The highest BCUT2D eigenvalue weighted by Gasteiger charge is 2.03. The molecule has 0 amide bonds. The second-order valence-corrected chi connectivity index (χ2v) is 4.59. The maximum absolute atomic E-state index is 6.18. The molecular formula is C15H16ClN. The molecule has 0 radical (unpaired) electrons. The molecule has 2 N–H and O–H groups in total. The predicted molar refractivity (Wildman–Crippen MR) is 75.3 cm³/mol. The minimum Gasteiger partial charge on any atom is -0.399 e. The molecule has 0 aliphatic carbocycles. The van der Waals surface area contributed by atoms with Crippen LogP contribution in [-0.2, 0) is 6.42 Å². The van der Waals surface area contributed by atoms with Gasteiger partial charge in [-0.15, -0.1) is 0 Å². The first-order valence-corrected chi connectivity index (χ1v) is 6.23. The molecule has 2 aromatic rings. The monoisotopic (exact) mass is 245 g/mol. The third-order valence-electron chi connectivity index (χ3n) is 2.80. The van der Waals surface area contributed by atoms with Crippen LogP contribution in [-0.4, -0.2) is 0 Å². The summed E-state index contributed by atoms with van der Waals surface area (Å²) in [5.74, 6) is 0. The molecule has 17 heavy (non-hydrogen) atoms. The van der Waals surface area contributed by atoms with Crippen LogP contribution in [0.25, 0.3) is 11.1 Å². The fourth-order valence-electron chi connectivity index (χ4n) is 1.91. The summed E-state index contributed by atoms with van der Waals surface area (Å²) in [7, 11) is 0. The number of nitrogen functional groups attached to an aromatic ring is 1. The van der Waals surface area contributed by atoms with Crippen LogP contribution in [0.1, 0.15) is 18.9 Å². The molecular weight excluding hydrogens is 230 g/mol. The molecule has 0 fully saturated rings. The average Bonchev–Trinajstić information content (AvgIpc) is 2.31. The summed E-state index contributed by atoms with van der Waals surface area (Å²) in [5.41, 5.74) is 9.91. The van der Waals surface area contributed by atoms with Crippen LogP contribution in [0.3, 0.4) is 0 Å². The number of hydrogen-bond acceptors (Lipinski definition) is 1. The smallest absolute Gasteiger partial charge is 0.0504 e. The minimum absolute atomic E-state index is 0.696. The summed E-state index contributed by atoms with van der Waals surface area (Å²) in [4.78, 5) is 0. The van der Waals surface area contributed by atoms with Crippen LogP contribution in [0.5, 0.6) is 0 Å². The van der Waals surface area contributed by atoms with Crippen molar-refractivity contribution in [3.8, 4) is 11.1 Å². The fourth-order valence-corrected chi connectivity index (χ4v) is 2.20. The normalized spacial score (nSPS) is 10.5. The van der Waals surface area contributed by atoms with Gasteiger partial charge >= 0.3 is 0 Å². The highest BCUT2D eigenvalue weighted by Crippen LogP contribution is 2.29. The first kappa shape index (κ1) is 12.0. The average molecular weight is 246 g/mol. The quantitative estimate of drug-likeness (QED) is 0.790. The first-order chi connectivity index (χ1) is 8.20. The molecule has 0 spiro atoms. The summed E-state index contributed by atoms with van der Waals surface area (Å²) in [5, 5.41) is 0.702. The molecule has 0 aromatic heterocycles. The van der Waals surface area contributed by atoms with Crippen molar-refractivity contribution < 1.29 is 0 Å². The minimum atomic E-state index is 0.696. The molecule has 2 heteroatoms. The summed E-state index contributed by atoms with van der Waals surface area (Å²) < 4.78 is 0. The maximum Gasteiger partial charge on any atom is 0.0504 e. The number of rotatable bonds is 3. The Morgan fingerprint density at radius 2 is 1.76 bits per heavy atom. The predicted octanol–water partition coefficient (Wildman–Crippen LogP) is 4.54. The maximum atomic E-state index is 6.18. The van der Waals surface area contributed by atoms with Gasteiger partial charge in [0.2, 0.25) is 0 Å².